The van der Waals surface area contributed by atoms with E-state index in [1.807, 2.05) is 12.1 Å². The van der Waals surface area contributed by atoms with E-state index < -0.39 is 8.07 Å². The molecule has 1 amide bonds. The third-order valence-corrected chi connectivity index (χ3v) is 8.11. The van der Waals surface area contributed by atoms with Gasteiger partial charge in [-0.15, -0.1) is 0 Å². The zero-order valence-corrected chi connectivity index (χ0v) is 17.4. The zero-order chi connectivity index (χ0) is 18.5. The number of hydrogen-bond acceptors (Lipinski definition) is 2. The monoisotopic (exact) mass is 367 g/mol. The first-order valence-electron chi connectivity index (χ1n) is 9.86. The molecule has 1 aliphatic carbocycles. The second-order valence-corrected chi connectivity index (χ2v) is 13.8. The minimum Gasteiger partial charge on any atom is -0.496 e. The summed E-state index contributed by atoms with van der Waals surface area (Å²) in [6, 6.07) is 8.89. The van der Waals surface area contributed by atoms with Crippen molar-refractivity contribution < 1.29 is 9.53 Å². The van der Waals surface area contributed by atoms with Crippen molar-refractivity contribution in [1.82, 2.24) is 4.90 Å². The van der Waals surface area contributed by atoms with Crippen LogP contribution in [0.15, 0.2) is 24.3 Å². The van der Waals surface area contributed by atoms with Crippen LogP contribution in [-0.4, -0.2) is 32.0 Å². The number of ether oxygens (including phenoxy) is 1. The van der Waals surface area contributed by atoms with Gasteiger partial charge in [0, 0.05) is 23.5 Å². The first kappa shape index (κ1) is 17.6. The Labute approximate surface area is 157 Å². The van der Waals surface area contributed by atoms with Crippen molar-refractivity contribution in [3.63, 3.8) is 0 Å². The number of fused-ring (bicyclic) bond motifs is 3. The van der Waals surface area contributed by atoms with E-state index in [0.717, 1.165) is 36.1 Å². The third kappa shape index (κ3) is 2.75. The molecular weight excluding hydrogens is 338 g/mol. The van der Waals surface area contributed by atoms with Crippen LogP contribution in [0.3, 0.4) is 0 Å². The standard InChI is InChI=1S/C22H29NO2Si/c1-25-19-12-8-11-16-17(19)13-20(26(2,3)4)21-18(16)14-23(22(21)24)15-9-6-5-7-10-15/h8,11-13,15H,5-7,9-10,14H2,1-4H3. The minimum absolute atomic E-state index is 0.272. The van der Waals surface area contributed by atoms with Crippen molar-refractivity contribution in [1.29, 1.82) is 0 Å². The molecule has 0 unspecified atom stereocenters. The van der Waals surface area contributed by atoms with Crippen LogP contribution in [0.5, 0.6) is 5.75 Å². The predicted molar refractivity (Wildman–Crippen MR) is 110 cm³/mol. The Morgan fingerprint density at radius 2 is 1.81 bits per heavy atom. The molecule has 0 bridgehead atoms. The van der Waals surface area contributed by atoms with Gasteiger partial charge < -0.3 is 9.64 Å². The predicted octanol–water partition coefficient (Wildman–Crippen LogP) is 4.68. The average Bonchev–Trinajstić information content (AvgIpc) is 2.98. The van der Waals surface area contributed by atoms with Crippen LogP contribution in [0, 0.1) is 0 Å². The molecule has 26 heavy (non-hydrogen) atoms. The van der Waals surface area contributed by atoms with E-state index in [1.165, 1.54) is 35.4 Å². The van der Waals surface area contributed by atoms with Gasteiger partial charge in [-0.2, -0.15) is 0 Å². The number of amides is 1. The smallest absolute Gasteiger partial charge is 0.254 e. The zero-order valence-electron chi connectivity index (χ0n) is 16.4. The summed E-state index contributed by atoms with van der Waals surface area (Å²) in [6.07, 6.45) is 6.12. The molecule has 1 saturated carbocycles. The van der Waals surface area contributed by atoms with Crippen LogP contribution in [0.2, 0.25) is 19.6 Å². The molecule has 138 valence electrons. The molecule has 1 heterocycles. The lowest BCUT2D eigenvalue weighted by Crippen LogP contribution is -2.43. The normalized spacial score (nSPS) is 18.5. The van der Waals surface area contributed by atoms with Gasteiger partial charge in [0.1, 0.15) is 5.75 Å². The molecule has 1 fully saturated rings. The van der Waals surface area contributed by atoms with Gasteiger partial charge in [-0.1, -0.05) is 57.1 Å². The summed E-state index contributed by atoms with van der Waals surface area (Å²) in [5, 5.41) is 3.63. The van der Waals surface area contributed by atoms with E-state index in [0.29, 0.717) is 6.04 Å². The number of carbonyl (C=O) groups is 1. The molecular formula is C22H29NO2Si. The van der Waals surface area contributed by atoms with Gasteiger partial charge in [-0.05, 0) is 35.0 Å². The van der Waals surface area contributed by atoms with Crippen molar-refractivity contribution in [3.8, 4) is 5.75 Å². The van der Waals surface area contributed by atoms with Crippen molar-refractivity contribution in [2.45, 2.75) is 64.3 Å². The van der Waals surface area contributed by atoms with Gasteiger partial charge in [0.2, 0.25) is 0 Å². The van der Waals surface area contributed by atoms with Crippen LogP contribution in [0.1, 0.15) is 48.0 Å². The molecule has 2 aromatic rings. The van der Waals surface area contributed by atoms with Gasteiger partial charge in [0.25, 0.3) is 5.91 Å². The summed E-state index contributed by atoms with van der Waals surface area (Å²) in [5.74, 6) is 1.18. The molecule has 2 aromatic carbocycles. The minimum atomic E-state index is -1.67. The van der Waals surface area contributed by atoms with E-state index in [2.05, 4.69) is 36.7 Å². The van der Waals surface area contributed by atoms with E-state index in [1.54, 1.807) is 7.11 Å². The first-order valence-corrected chi connectivity index (χ1v) is 13.4. The molecule has 0 aromatic heterocycles. The highest BCUT2D eigenvalue weighted by Crippen LogP contribution is 2.37. The fourth-order valence-corrected chi connectivity index (χ4v) is 6.31. The van der Waals surface area contributed by atoms with Gasteiger partial charge >= 0.3 is 0 Å². The topological polar surface area (TPSA) is 29.5 Å². The molecule has 4 rings (SSSR count). The largest absolute Gasteiger partial charge is 0.496 e. The molecule has 0 N–H and O–H groups in total. The second-order valence-electron chi connectivity index (χ2n) is 8.81. The summed E-state index contributed by atoms with van der Waals surface area (Å²) in [5.41, 5.74) is 2.24. The Balaban J connectivity index is 1.92. The van der Waals surface area contributed by atoms with Gasteiger partial charge in [0.05, 0.1) is 15.2 Å². The maximum Gasteiger partial charge on any atom is 0.254 e. The van der Waals surface area contributed by atoms with Gasteiger partial charge in [0.15, 0.2) is 0 Å². The Bertz CT molecular complexity index is 863. The molecule has 2 aliphatic rings. The van der Waals surface area contributed by atoms with E-state index in [-0.39, 0.29) is 5.91 Å². The fraction of sp³-hybridized carbons (Fsp3) is 0.500. The van der Waals surface area contributed by atoms with Crippen molar-refractivity contribution in [2.24, 2.45) is 0 Å². The summed E-state index contributed by atoms with van der Waals surface area (Å²) in [4.78, 5) is 15.7. The van der Waals surface area contributed by atoms with E-state index in [4.69, 9.17) is 4.74 Å². The van der Waals surface area contributed by atoms with Crippen molar-refractivity contribution in [2.75, 3.05) is 7.11 Å². The number of carbonyl (C=O) groups excluding carboxylic acids is 1. The average molecular weight is 368 g/mol. The lowest BCUT2D eigenvalue weighted by Gasteiger charge is -2.31. The molecule has 0 spiro atoms. The maximum atomic E-state index is 13.5. The van der Waals surface area contributed by atoms with Crippen LogP contribution < -0.4 is 9.92 Å². The van der Waals surface area contributed by atoms with Crippen LogP contribution >= 0.6 is 0 Å². The molecule has 0 radical (unpaired) electrons. The molecule has 4 heteroatoms. The van der Waals surface area contributed by atoms with E-state index in [9.17, 15) is 4.79 Å². The number of benzene rings is 2. The van der Waals surface area contributed by atoms with Gasteiger partial charge in [-0.25, -0.2) is 0 Å². The number of nitrogens with zero attached hydrogens (tertiary/aromatic N) is 1. The number of rotatable bonds is 3. The number of methoxy groups -OCH3 is 1. The fourth-order valence-electron chi connectivity index (χ4n) is 4.72. The summed E-state index contributed by atoms with van der Waals surface area (Å²) in [6.45, 7) is 7.77. The Morgan fingerprint density at radius 1 is 1.08 bits per heavy atom. The van der Waals surface area contributed by atoms with E-state index >= 15 is 0 Å². The molecule has 1 aliphatic heterocycles. The molecule has 0 saturated heterocycles. The highest BCUT2D eigenvalue weighted by molar-refractivity contribution is 6.89. The SMILES string of the molecule is COc1cccc2c3c(c([Si](C)(C)C)cc12)C(=O)N(C1CCCCC1)C3. The lowest BCUT2D eigenvalue weighted by atomic mass is 9.94. The van der Waals surface area contributed by atoms with Crippen molar-refractivity contribution in [3.05, 3.63) is 35.4 Å². The Kier molecular flexibility index (Phi) is 4.34. The summed E-state index contributed by atoms with van der Waals surface area (Å²) >= 11 is 0. The van der Waals surface area contributed by atoms with Crippen LogP contribution in [0.4, 0.5) is 0 Å². The summed E-state index contributed by atoms with van der Waals surface area (Å²) in [7, 11) is 0.0647. The lowest BCUT2D eigenvalue weighted by molar-refractivity contribution is 0.0661. The first-order chi connectivity index (χ1) is 12.4. The summed E-state index contributed by atoms with van der Waals surface area (Å²) < 4.78 is 5.64. The van der Waals surface area contributed by atoms with Crippen LogP contribution in [-0.2, 0) is 6.54 Å². The quantitative estimate of drug-likeness (QED) is 0.737. The van der Waals surface area contributed by atoms with Gasteiger partial charge in [-0.3, -0.25) is 4.79 Å². The maximum absolute atomic E-state index is 13.5. The number of hydrogen-bond donors (Lipinski definition) is 0. The molecule has 0 atom stereocenters. The Morgan fingerprint density at radius 3 is 2.46 bits per heavy atom. The van der Waals surface area contributed by atoms with Crippen LogP contribution in [0.25, 0.3) is 10.8 Å². The second kappa shape index (κ2) is 6.41. The molecule has 3 nitrogen and oxygen atoms in total. The van der Waals surface area contributed by atoms with Crippen molar-refractivity contribution >= 4 is 29.9 Å². The third-order valence-electron chi connectivity index (χ3n) is 6.10. The Hall–Kier alpha value is -1.81. The highest BCUT2D eigenvalue weighted by Gasteiger charge is 2.38. The highest BCUT2D eigenvalue weighted by atomic mass is 28.3.